The first kappa shape index (κ1) is 12.9. The van der Waals surface area contributed by atoms with Gasteiger partial charge >= 0.3 is 5.97 Å². The third kappa shape index (κ3) is 2.66. The Kier molecular flexibility index (Phi) is 3.60. The second-order valence-electron chi connectivity index (χ2n) is 5.39. The fraction of sp³-hybridized carbons (Fsp3) is 0.533. The maximum Gasteiger partial charge on any atom is 0.308 e. The molecule has 1 aliphatic carbocycles. The zero-order valence-electron chi connectivity index (χ0n) is 11.0. The smallest absolute Gasteiger partial charge is 0.308 e. The third-order valence-corrected chi connectivity index (χ3v) is 3.84. The van der Waals surface area contributed by atoms with Crippen LogP contribution in [0.4, 0.5) is 0 Å². The molecule has 3 heteroatoms. The van der Waals surface area contributed by atoms with E-state index in [-0.39, 0.29) is 11.4 Å². The summed E-state index contributed by atoms with van der Waals surface area (Å²) < 4.78 is 5.10. The molecule has 18 heavy (non-hydrogen) atoms. The monoisotopic (exact) mass is 248 g/mol. The summed E-state index contributed by atoms with van der Waals surface area (Å²) >= 11 is 0. The molecule has 3 nitrogen and oxygen atoms in total. The molecule has 0 saturated heterocycles. The van der Waals surface area contributed by atoms with Gasteiger partial charge in [0, 0.05) is 12.5 Å². The van der Waals surface area contributed by atoms with Crippen LogP contribution >= 0.6 is 0 Å². The lowest BCUT2D eigenvalue weighted by molar-refractivity contribution is -0.131. The van der Waals surface area contributed by atoms with E-state index in [0.29, 0.717) is 11.5 Å². The summed E-state index contributed by atoms with van der Waals surface area (Å²) in [4.78, 5) is 11.0. The first-order valence-electron chi connectivity index (χ1n) is 6.53. The summed E-state index contributed by atoms with van der Waals surface area (Å²) in [6.07, 6.45) is 5.79. The number of benzene rings is 1. The number of phenolic OH excluding ortho intramolecular Hbond substituents is 1. The van der Waals surface area contributed by atoms with E-state index in [0.717, 1.165) is 18.4 Å². The van der Waals surface area contributed by atoms with Gasteiger partial charge in [-0.25, -0.2) is 0 Å². The number of hydrogen-bond donors (Lipinski definition) is 1. The Labute approximate surface area is 108 Å². The van der Waals surface area contributed by atoms with Crippen LogP contribution in [-0.4, -0.2) is 11.1 Å². The Morgan fingerprint density at radius 1 is 1.28 bits per heavy atom. The molecule has 0 heterocycles. The molecule has 1 fully saturated rings. The lowest BCUT2D eigenvalue weighted by Crippen LogP contribution is -2.25. The summed E-state index contributed by atoms with van der Waals surface area (Å²) in [7, 11) is 0. The average molecular weight is 248 g/mol. The number of carbonyl (C=O) groups is 1. The van der Waals surface area contributed by atoms with Crippen LogP contribution in [0.5, 0.6) is 11.5 Å². The molecule has 1 N–H and O–H groups in total. The van der Waals surface area contributed by atoms with E-state index < -0.39 is 0 Å². The van der Waals surface area contributed by atoms with Crippen molar-refractivity contribution in [2.45, 2.75) is 51.4 Å². The number of esters is 1. The number of aromatic hydroxyl groups is 1. The number of ether oxygens (including phenoxy) is 1. The number of hydrogen-bond acceptors (Lipinski definition) is 3. The first-order valence-corrected chi connectivity index (χ1v) is 6.53. The topological polar surface area (TPSA) is 46.5 Å². The van der Waals surface area contributed by atoms with Crippen molar-refractivity contribution in [2.24, 2.45) is 0 Å². The highest BCUT2D eigenvalue weighted by molar-refractivity contribution is 5.69. The van der Waals surface area contributed by atoms with E-state index >= 15 is 0 Å². The molecule has 1 aromatic rings. The SMILES string of the molecule is CC(=O)Oc1ccc(O)c(C2(C)CCCCC2)c1. The molecule has 1 aliphatic rings. The van der Waals surface area contributed by atoms with Gasteiger partial charge in [0.15, 0.2) is 0 Å². The van der Waals surface area contributed by atoms with Gasteiger partial charge in [0.05, 0.1) is 0 Å². The minimum absolute atomic E-state index is 0.00150. The summed E-state index contributed by atoms with van der Waals surface area (Å²) in [6.45, 7) is 3.56. The summed E-state index contributed by atoms with van der Waals surface area (Å²) in [5.74, 6) is 0.484. The van der Waals surface area contributed by atoms with Gasteiger partial charge < -0.3 is 9.84 Å². The summed E-state index contributed by atoms with van der Waals surface area (Å²) in [6, 6.07) is 5.06. The molecule has 0 unspecified atom stereocenters. The Morgan fingerprint density at radius 2 is 1.94 bits per heavy atom. The molecule has 0 amide bonds. The van der Waals surface area contributed by atoms with Gasteiger partial charge in [-0.3, -0.25) is 4.79 Å². The van der Waals surface area contributed by atoms with Crippen molar-refractivity contribution in [2.75, 3.05) is 0 Å². The highest BCUT2D eigenvalue weighted by Gasteiger charge is 2.31. The molecule has 0 aliphatic heterocycles. The van der Waals surface area contributed by atoms with Gasteiger partial charge in [-0.1, -0.05) is 26.2 Å². The highest BCUT2D eigenvalue weighted by Crippen LogP contribution is 2.43. The van der Waals surface area contributed by atoms with Gasteiger partial charge in [0.2, 0.25) is 0 Å². The van der Waals surface area contributed by atoms with Crippen LogP contribution in [0.2, 0.25) is 0 Å². The quantitative estimate of drug-likeness (QED) is 0.643. The lowest BCUT2D eigenvalue weighted by atomic mass is 9.70. The lowest BCUT2D eigenvalue weighted by Gasteiger charge is -2.34. The van der Waals surface area contributed by atoms with Gasteiger partial charge in [0.1, 0.15) is 11.5 Å². The summed E-state index contributed by atoms with van der Waals surface area (Å²) in [5, 5.41) is 10.0. The van der Waals surface area contributed by atoms with Gasteiger partial charge in [-0.05, 0) is 36.5 Å². The van der Waals surface area contributed by atoms with Crippen LogP contribution in [0.25, 0.3) is 0 Å². The largest absolute Gasteiger partial charge is 0.508 e. The Morgan fingerprint density at radius 3 is 2.56 bits per heavy atom. The van der Waals surface area contributed by atoms with Crippen LogP contribution in [0.1, 0.15) is 51.5 Å². The Bertz CT molecular complexity index is 445. The first-order chi connectivity index (χ1) is 8.51. The van der Waals surface area contributed by atoms with Crippen molar-refractivity contribution < 1.29 is 14.6 Å². The van der Waals surface area contributed by atoms with Crippen molar-refractivity contribution in [3.8, 4) is 11.5 Å². The maximum absolute atomic E-state index is 11.0. The van der Waals surface area contributed by atoms with E-state index in [2.05, 4.69) is 6.92 Å². The van der Waals surface area contributed by atoms with Crippen molar-refractivity contribution in [1.82, 2.24) is 0 Å². The Hall–Kier alpha value is -1.51. The number of phenols is 1. The second kappa shape index (κ2) is 5.01. The fourth-order valence-electron chi connectivity index (χ4n) is 2.83. The van der Waals surface area contributed by atoms with Crippen molar-refractivity contribution in [1.29, 1.82) is 0 Å². The molecule has 98 valence electrons. The molecule has 0 atom stereocenters. The third-order valence-electron chi connectivity index (χ3n) is 3.84. The van der Waals surface area contributed by atoms with Gasteiger partial charge in [-0.2, -0.15) is 0 Å². The molecule has 0 spiro atoms. The predicted octanol–water partition coefficient (Wildman–Crippen LogP) is 3.54. The minimum atomic E-state index is -0.333. The standard InChI is InChI=1S/C15H20O3/c1-11(16)18-12-6-7-14(17)13(10-12)15(2)8-4-3-5-9-15/h6-7,10,17H,3-5,8-9H2,1-2H3. The molecular formula is C15H20O3. The zero-order valence-corrected chi connectivity index (χ0v) is 11.0. The normalized spacial score (nSPS) is 18.3. The van der Waals surface area contributed by atoms with E-state index in [4.69, 9.17) is 4.74 Å². The van der Waals surface area contributed by atoms with Crippen LogP contribution in [0.3, 0.4) is 0 Å². The van der Waals surface area contributed by atoms with E-state index in [1.54, 1.807) is 12.1 Å². The van der Waals surface area contributed by atoms with Crippen LogP contribution < -0.4 is 4.74 Å². The van der Waals surface area contributed by atoms with Crippen molar-refractivity contribution >= 4 is 5.97 Å². The number of rotatable bonds is 2. The molecule has 1 aromatic carbocycles. The fourth-order valence-corrected chi connectivity index (χ4v) is 2.83. The number of carbonyl (C=O) groups excluding carboxylic acids is 1. The second-order valence-corrected chi connectivity index (χ2v) is 5.39. The highest BCUT2D eigenvalue weighted by atomic mass is 16.5. The minimum Gasteiger partial charge on any atom is -0.508 e. The summed E-state index contributed by atoms with van der Waals surface area (Å²) in [5.41, 5.74) is 0.902. The molecule has 1 saturated carbocycles. The van der Waals surface area contributed by atoms with Crippen LogP contribution in [0, 0.1) is 0 Å². The van der Waals surface area contributed by atoms with Crippen molar-refractivity contribution in [3.63, 3.8) is 0 Å². The van der Waals surface area contributed by atoms with Crippen molar-refractivity contribution in [3.05, 3.63) is 23.8 Å². The van der Waals surface area contributed by atoms with Gasteiger partial charge in [0.25, 0.3) is 0 Å². The Balaban J connectivity index is 2.33. The molecular weight excluding hydrogens is 228 g/mol. The van der Waals surface area contributed by atoms with E-state index in [1.807, 2.05) is 6.07 Å². The van der Waals surface area contributed by atoms with Crippen LogP contribution in [-0.2, 0) is 10.2 Å². The molecule has 2 rings (SSSR count). The van der Waals surface area contributed by atoms with E-state index in [9.17, 15) is 9.90 Å². The maximum atomic E-state index is 11.0. The van der Waals surface area contributed by atoms with E-state index in [1.165, 1.54) is 26.2 Å². The average Bonchev–Trinajstić information content (AvgIpc) is 2.32. The zero-order chi connectivity index (χ0) is 13.2. The van der Waals surface area contributed by atoms with Gasteiger partial charge in [-0.15, -0.1) is 0 Å². The molecule has 0 aromatic heterocycles. The molecule has 0 radical (unpaired) electrons. The molecule has 0 bridgehead atoms. The predicted molar refractivity (Wildman–Crippen MR) is 69.9 cm³/mol. The van der Waals surface area contributed by atoms with Crippen LogP contribution in [0.15, 0.2) is 18.2 Å².